The van der Waals surface area contributed by atoms with Crippen LogP contribution in [0.15, 0.2) is 24.3 Å². The van der Waals surface area contributed by atoms with Crippen LogP contribution in [0, 0.1) is 5.82 Å². The molecule has 2 N–H and O–H groups in total. The number of hydrogen-bond donors (Lipinski definition) is 2. The second kappa shape index (κ2) is 8.47. The number of amides is 2. The molecule has 6 nitrogen and oxygen atoms in total. The Hall–Kier alpha value is -1.96. The number of halogens is 1. The molecule has 0 aliphatic carbocycles. The fourth-order valence-corrected chi connectivity index (χ4v) is 2.71. The first-order valence-corrected chi connectivity index (χ1v) is 8.67. The second-order valence-electron chi connectivity index (χ2n) is 4.79. The van der Waals surface area contributed by atoms with Crippen molar-refractivity contribution in [3.63, 3.8) is 0 Å². The Morgan fingerprint density at radius 1 is 1.09 bits per heavy atom. The maximum absolute atomic E-state index is 12.7. The number of unbranched alkanes of at least 4 members (excludes halogenated alkanes) is 1. The molecule has 0 aliphatic rings. The van der Waals surface area contributed by atoms with E-state index in [0.717, 1.165) is 25.0 Å². The monoisotopic (exact) mass is 330 g/mol. The molecule has 0 unspecified atom stereocenters. The fraction of sp³-hybridized carbons (Fsp3) is 0.429. The van der Waals surface area contributed by atoms with E-state index < -0.39 is 39.0 Å². The molecule has 1 aromatic carbocycles. The summed E-state index contributed by atoms with van der Waals surface area (Å²) in [7, 11) is -3.84. The van der Waals surface area contributed by atoms with Crippen LogP contribution in [0.2, 0.25) is 0 Å². The van der Waals surface area contributed by atoms with Gasteiger partial charge in [-0.15, -0.1) is 0 Å². The lowest BCUT2D eigenvalue weighted by atomic mass is 10.3. The first-order valence-electron chi connectivity index (χ1n) is 6.85. The highest BCUT2D eigenvalue weighted by molar-refractivity contribution is 7.92. The maximum atomic E-state index is 12.7. The molecule has 8 heteroatoms. The van der Waals surface area contributed by atoms with Crippen molar-refractivity contribution in [2.75, 3.05) is 23.4 Å². The van der Waals surface area contributed by atoms with Crippen LogP contribution in [0.5, 0.6) is 0 Å². The summed E-state index contributed by atoms with van der Waals surface area (Å²) in [6.07, 6.45) is 1.64. The molecule has 0 spiro atoms. The van der Waals surface area contributed by atoms with Crippen molar-refractivity contribution in [3.05, 3.63) is 30.1 Å². The molecule has 1 rings (SSSR count). The molecule has 0 saturated heterocycles. The first kappa shape index (κ1) is 18.1. The third kappa shape index (κ3) is 7.16. The summed E-state index contributed by atoms with van der Waals surface area (Å²) in [6, 6.07) is 4.92. The van der Waals surface area contributed by atoms with Crippen LogP contribution in [0.4, 0.5) is 10.1 Å². The van der Waals surface area contributed by atoms with Gasteiger partial charge in [-0.3, -0.25) is 9.59 Å². The molecule has 0 radical (unpaired) electrons. The lowest BCUT2D eigenvalue weighted by Gasteiger charge is -2.07. The van der Waals surface area contributed by atoms with E-state index in [4.69, 9.17) is 0 Å². The van der Waals surface area contributed by atoms with Crippen LogP contribution in [0.1, 0.15) is 19.8 Å². The van der Waals surface area contributed by atoms with E-state index in [-0.39, 0.29) is 5.69 Å². The van der Waals surface area contributed by atoms with Crippen LogP contribution in [0.3, 0.4) is 0 Å². The standard InChI is InChI=1S/C14H19FN2O4S/c1-2-3-8-16-13(18)9-22(20,21)10-14(19)17-12-6-4-11(15)5-7-12/h4-7H,2-3,8-10H2,1H3,(H,16,18)(H,17,19). The van der Waals surface area contributed by atoms with Crippen molar-refractivity contribution in [1.82, 2.24) is 5.32 Å². The Kier molecular flexibility index (Phi) is 6.97. The van der Waals surface area contributed by atoms with Gasteiger partial charge in [0.25, 0.3) is 0 Å². The molecule has 22 heavy (non-hydrogen) atoms. The number of benzene rings is 1. The minimum atomic E-state index is -3.84. The highest BCUT2D eigenvalue weighted by atomic mass is 32.2. The van der Waals surface area contributed by atoms with Crippen molar-refractivity contribution < 1.29 is 22.4 Å². The van der Waals surface area contributed by atoms with Gasteiger partial charge in [0, 0.05) is 12.2 Å². The highest BCUT2D eigenvalue weighted by Gasteiger charge is 2.20. The summed E-state index contributed by atoms with van der Waals surface area (Å²) in [5.41, 5.74) is 0.286. The third-order valence-electron chi connectivity index (χ3n) is 2.68. The van der Waals surface area contributed by atoms with Gasteiger partial charge in [0.15, 0.2) is 9.84 Å². The molecule has 0 atom stereocenters. The molecule has 0 bridgehead atoms. The summed E-state index contributed by atoms with van der Waals surface area (Å²) in [6.45, 7) is 2.36. The minimum absolute atomic E-state index is 0.286. The van der Waals surface area contributed by atoms with Gasteiger partial charge in [-0.25, -0.2) is 12.8 Å². The lowest BCUT2D eigenvalue weighted by Crippen LogP contribution is -2.34. The average Bonchev–Trinajstić information content (AvgIpc) is 2.40. The third-order valence-corrected chi connectivity index (χ3v) is 4.09. The molecular formula is C14H19FN2O4S. The molecule has 0 aromatic heterocycles. The minimum Gasteiger partial charge on any atom is -0.355 e. The Labute approximate surface area is 129 Å². The zero-order valence-electron chi connectivity index (χ0n) is 12.3. The smallest absolute Gasteiger partial charge is 0.239 e. The topological polar surface area (TPSA) is 92.3 Å². The molecule has 1 aromatic rings. The van der Waals surface area contributed by atoms with Crippen molar-refractivity contribution in [3.8, 4) is 0 Å². The Balaban J connectivity index is 2.47. The second-order valence-corrected chi connectivity index (χ2v) is 6.86. The number of sulfone groups is 1. The summed E-state index contributed by atoms with van der Waals surface area (Å²) >= 11 is 0. The van der Waals surface area contributed by atoms with Gasteiger partial charge in [0.1, 0.15) is 17.3 Å². The van der Waals surface area contributed by atoms with E-state index in [0.29, 0.717) is 6.54 Å². The number of carbonyl (C=O) groups is 2. The summed E-state index contributed by atoms with van der Waals surface area (Å²) in [4.78, 5) is 23.1. The Bertz CT molecular complexity index is 614. The lowest BCUT2D eigenvalue weighted by molar-refractivity contribution is -0.118. The summed E-state index contributed by atoms with van der Waals surface area (Å²) < 4.78 is 36.2. The average molecular weight is 330 g/mol. The number of carbonyl (C=O) groups excluding carboxylic acids is 2. The van der Waals surface area contributed by atoms with E-state index in [1.165, 1.54) is 12.1 Å². The zero-order valence-corrected chi connectivity index (χ0v) is 13.1. The molecule has 0 saturated carbocycles. The van der Waals surface area contributed by atoms with Crippen molar-refractivity contribution in [1.29, 1.82) is 0 Å². The Morgan fingerprint density at radius 2 is 1.68 bits per heavy atom. The normalized spacial score (nSPS) is 11.0. The van der Waals surface area contributed by atoms with Crippen LogP contribution in [-0.2, 0) is 19.4 Å². The molecule has 0 heterocycles. The predicted molar refractivity (Wildman–Crippen MR) is 81.6 cm³/mol. The van der Waals surface area contributed by atoms with Gasteiger partial charge in [-0.2, -0.15) is 0 Å². The largest absolute Gasteiger partial charge is 0.355 e. The maximum Gasteiger partial charge on any atom is 0.239 e. The van der Waals surface area contributed by atoms with E-state index in [1.807, 2.05) is 6.92 Å². The van der Waals surface area contributed by atoms with Crippen LogP contribution < -0.4 is 10.6 Å². The van der Waals surface area contributed by atoms with E-state index >= 15 is 0 Å². The quantitative estimate of drug-likeness (QED) is 0.698. The molecular weight excluding hydrogens is 311 g/mol. The highest BCUT2D eigenvalue weighted by Crippen LogP contribution is 2.08. The molecule has 0 aliphatic heterocycles. The van der Waals surface area contributed by atoms with Crippen molar-refractivity contribution in [2.45, 2.75) is 19.8 Å². The predicted octanol–water partition coefficient (Wildman–Crippen LogP) is 1.10. The fourth-order valence-electron chi connectivity index (χ4n) is 1.64. The summed E-state index contributed by atoms with van der Waals surface area (Å²) in [5, 5.41) is 4.81. The van der Waals surface area contributed by atoms with Gasteiger partial charge < -0.3 is 10.6 Å². The number of hydrogen-bond acceptors (Lipinski definition) is 4. The summed E-state index contributed by atoms with van der Waals surface area (Å²) in [5.74, 6) is -3.38. The van der Waals surface area contributed by atoms with Gasteiger partial charge in [-0.1, -0.05) is 13.3 Å². The van der Waals surface area contributed by atoms with Gasteiger partial charge in [0.2, 0.25) is 11.8 Å². The van der Waals surface area contributed by atoms with Crippen molar-refractivity contribution >= 4 is 27.3 Å². The molecule has 0 fully saturated rings. The number of nitrogens with one attached hydrogen (secondary N) is 2. The van der Waals surface area contributed by atoms with E-state index in [1.54, 1.807) is 0 Å². The number of rotatable bonds is 8. The van der Waals surface area contributed by atoms with Crippen LogP contribution in [0.25, 0.3) is 0 Å². The molecule has 2 amide bonds. The number of anilines is 1. The van der Waals surface area contributed by atoms with Gasteiger partial charge in [-0.05, 0) is 30.7 Å². The first-order chi connectivity index (χ1) is 10.3. The van der Waals surface area contributed by atoms with Crippen molar-refractivity contribution in [2.24, 2.45) is 0 Å². The van der Waals surface area contributed by atoms with Crippen LogP contribution in [-0.4, -0.2) is 38.3 Å². The van der Waals surface area contributed by atoms with Crippen LogP contribution >= 0.6 is 0 Å². The SMILES string of the molecule is CCCCNC(=O)CS(=O)(=O)CC(=O)Nc1ccc(F)cc1. The van der Waals surface area contributed by atoms with Gasteiger partial charge in [0.05, 0.1) is 0 Å². The Morgan fingerprint density at radius 3 is 2.27 bits per heavy atom. The van der Waals surface area contributed by atoms with E-state index in [2.05, 4.69) is 10.6 Å². The van der Waals surface area contributed by atoms with Gasteiger partial charge >= 0.3 is 0 Å². The molecule has 122 valence electrons. The van der Waals surface area contributed by atoms with E-state index in [9.17, 15) is 22.4 Å². The zero-order chi connectivity index (χ0) is 16.6.